The van der Waals surface area contributed by atoms with Crippen molar-refractivity contribution < 1.29 is 4.79 Å². The minimum absolute atomic E-state index is 0.0774. The smallest absolute Gasteiger partial charge is 0.254 e. The standard InChI is InChI=1S/C22H27N3O/c1-17-9-4-5-12-21(17)22(26)24(3)18(2)19-10-8-14-25(15-19)16-20-11-6-7-13-23-20/h4-7,9-13,18H,8,14-16H2,1-3H3/t18-/m1/s1. The van der Waals surface area contributed by atoms with Gasteiger partial charge in [-0.05, 0) is 49.6 Å². The van der Waals surface area contributed by atoms with Crippen molar-refractivity contribution in [2.45, 2.75) is 32.9 Å². The van der Waals surface area contributed by atoms with Crippen molar-refractivity contribution in [3.63, 3.8) is 0 Å². The van der Waals surface area contributed by atoms with Gasteiger partial charge in [-0.15, -0.1) is 0 Å². The van der Waals surface area contributed by atoms with E-state index in [0.717, 1.165) is 42.9 Å². The number of carbonyl (C=O) groups excluding carboxylic acids is 1. The van der Waals surface area contributed by atoms with Gasteiger partial charge in [0.15, 0.2) is 0 Å². The zero-order chi connectivity index (χ0) is 18.5. The average Bonchev–Trinajstić information content (AvgIpc) is 2.68. The second kappa shape index (κ2) is 8.28. The molecular weight excluding hydrogens is 322 g/mol. The summed E-state index contributed by atoms with van der Waals surface area (Å²) in [4.78, 5) is 21.6. The highest BCUT2D eigenvalue weighted by atomic mass is 16.2. The van der Waals surface area contributed by atoms with Crippen LogP contribution in [0.15, 0.2) is 60.3 Å². The second-order valence-corrected chi connectivity index (χ2v) is 7.01. The number of benzene rings is 1. The summed E-state index contributed by atoms with van der Waals surface area (Å²) in [6, 6.07) is 13.9. The van der Waals surface area contributed by atoms with Gasteiger partial charge in [-0.3, -0.25) is 14.7 Å². The average molecular weight is 349 g/mol. The number of pyridine rings is 1. The van der Waals surface area contributed by atoms with Crippen LogP contribution in [0, 0.1) is 6.92 Å². The predicted molar refractivity (Wildman–Crippen MR) is 105 cm³/mol. The van der Waals surface area contributed by atoms with Crippen LogP contribution in [0.25, 0.3) is 0 Å². The van der Waals surface area contributed by atoms with E-state index >= 15 is 0 Å². The third kappa shape index (κ3) is 4.20. The van der Waals surface area contributed by atoms with Gasteiger partial charge in [0.05, 0.1) is 11.7 Å². The number of nitrogens with zero attached hydrogens (tertiary/aromatic N) is 3. The van der Waals surface area contributed by atoms with E-state index in [2.05, 4.69) is 29.0 Å². The molecule has 0 unspecified atom stereocenters. The molecule has 0 spiro atoms. The highest BCUT2D eigenvalue weighted by molar-refractivity contribution is 5.95. The largest absolute Gasteiger partial charge is 0.335 e. The van der Waals surface area contributed by atoms with Crippen LogP contribution in [0.3, 0.4) is 0 Å². The third-order valence-electron chi connectivity index (χ3n) is 5.18. The zero-order valence-electron chi connectivity index (χ0n) is 15.9. The van der Waals surface area contributed by atoms with E-state index in [-0.39, 0.29) is 11.9 Å². The molecule has 1 amide bonds. The first-order valence-corrected chi connectivity index (χ1v) is 9.20. The van der Waals surface area contributed by atoms with Crippen LogP contribution < -0.4 is 0 Å². The Balaban J connectivity index is 1.67. The van der Waals surface area contributed by atoms with Gasteiger partial charge in [0.1, 0.15) is 0 Å². The SMILES string of the molecule is Cc1ccccc1C(=O)N(C)[C@H](C)C1=CCCN(Cc2ccccn2)C1. The van der Waals surface area contributed by atoms with Crippen LogP contribution in [-0.4, -0.2) is 46.9 Å². The van der Waals surface area contributed by atoms with Crippen molar-refractivity contribution in [2.24, 2.45) is 0 Å². The Bertz CT molecular complexity index is 785. The number of amides is 1. The summed E-state index contributed by atoms with van der Waals surface area (Å²) in [6.07, 6.45) is 5.15. The molecule has 136 valence electrons. The summed E-state index contributed by atoms with van der Waals surface area (Å²) in [6.45, 7) is 6.86. The van der Waals surface area contributed by atoms with Gasteiger partial charge in [-0.2, -0.15) is 0 Å². The molecule has 0 saturated heterocycles. The monoisotopic (exact) mass is 349 g/mol. The molecule has 4 nitrogen and oxygen atoms in total. The number of rotatable bonds is 5. The van der Waals surface area contributed by atoms with Crippen LogP contribution in [0.2, 0.25) is 0 Å². The second-order valence-electron chi connectivity index (χ2n) is 7.01. The lowest BCUT2D eigenvalue weighted by molar-refractivity contribution is 0.0756. The van der Waals surface area contributed by atoms with Crippen molar-refractivity contribution in [3.05, 3.63) is 77.1 Å². The molecule has 0 aliphatic carbocycles. The molecule has 0 saturated carbocycles. The Kier molecular flexibility index (Phi) is 5.84. The Morgan fingerprint density at radius 3 is 2.73 bits per heavy atom. The van der Waals surface area contributed by atoms with Gasteiger partial charge in [0, 0.05) is 38.4 Å². The first-order valence-electron chi connectivity index (χ1n) is 9.20. The molecule has 1 aromatic heterocycles. The number of hydrogen-bond donors (Lipinski definition) is 0. The topological polar surface area (TPSA) is 36.4 Å². The van der Waals surface area contributed by atoms with Crippen molar-refractivity contribution >= 4 is 5.91 Å². The Morgan fingerprint density at radius 1 is 1.23 bits per heavy atom. The Labute approximate surface area is 156 Å². The highest BCUT2D eigenvalue weighted by Crippen LogP contribution is 2.20. The van der Waals surface area contributed by atoms with Gasteiger partial charge >= 0.3 is 0 Å². The summed E-state index contributed by atoms with van der Waals surface area (Å²) >= 11 is 0. The fourth-order valence-electron chi connectivity index (χ4n) is 3.42. The van der Waals surface area contributed by atoms with E-state index in [9.17, 15) is 4.79 Å². The number of likely N-dealkylation sites (N-methyl/N-ethyl adjacent to an activating group) is 1. The molecule has 1 aliphatic heterocycles. The van der Waals surface area contributed by atoms with E-state index < -0.39 is 0 Å². The molecule has 3 rings (SSSR count). The fourth-order valence-corrected chi connectivity index (χ4v) is 3.42. The molecule has 1 aliphatic rings. The normalized spacial score (nSPS) is 16.0. The van der Waals surface area contributed by atoms with E-state index in [1.165, 1.54) is 5.57 Å². The Morgan fingerprint density at radius 2 is 2.00 bits per heavy atom. The maximum atomic E-state index is 12.9. The lowest BCUT2D eigenvalue weighted by atomic mass is 10.0. The summed E-state index contributed by atoms with van der Waals surface area (Å²) in [5.74, 6) is 0.0818. The lowest BCUT2D eigenvalue weighted by Crippen LogP contribution is -2.41. The molecule has 2 aromatic rings. The molecular formula is C22H27N3O. The van der Waals surface area contributed by atoms with E-state index in [1.807, 2.05) is 61.5 Å². The van der Waals surface area contributed by atoms with Crippen LogP contribution in [0.4, 0.5) is 0 Å². The molecule has 26 heavy (non-hydrogen) atoms. The van der Waals surface area contributed by atoms with Crippen molar-refractivity contribution in [1.82, 2.24) is 14.8 Å². The number of aromatic nitrogens is 1. The molecule has 0 bridgehead atoms. The van der Waals surface area contributed by atoms with Gasteiger partial charge in [-0.1, -0.05) is 30.3 Å². The van der Waals surface area contributed by atoms with E-state index in [0.29, 0.717) is 0 Å². The van der Waals surface area contributed by atoms with E-state index in [4.69, 9.17) is 0 Å². The van der Waals surface area contributed by atoms with Crippen LogP contribution in [0.1, 0.15) is 35.0 Å². The van der Waals surface area contributed by atoms with Gasteiger partial charge in [-0.25, -0.2) is 0 Å². The van der Waals surface area contributed by atoms with Crippen LogP contribution in [-0.2, 0) is 6.54 Å². The molecule has 2 heterocycles. The number of carbonyl (C=O) groups is 1. The van der Waals surface area contributed by atoms with Crippen LogP contribution in [0.5, 0.6) is 0 Å². The van der Waals surface area contributed by atoms with Crippen molar-refractivity contribution in [3.8, 4) is 0 Å². The first kappa shape index (κ1) is 18.3. The predicted octanol–water partition coefficient (Wildman–Crippen LogP) is 3.68. The summed E-state index contributed by atoms with van der Waals surface area (Å²) in [5.41, 5.74) is 4.19. The summed E-state index contributed by atoms with van der Waals surface area (Å²) in [5, 5.41) is 0. The number of hydrogen-bond acceptors (Lipinski definition) is 3. The van der Waals surface area contributed by atoms with Gasteiger partial charge in [0.25, 0.3) is 5.91 Å². The van der Waals surface area contributed by atoms with Crippen molar-refractivity contribution in [2.75, 3.05) is 20.1 Å². The molecule has 0 radical (unpaired) electrons. The number of aryl methyl sites for hydroxylation is 1. The summed E-state index contributed by atoms with van der Waals surface area (Å²) < 4.78 is 0. The minimum atomic E-state index is 0.0774. The van der Waals surface area contributed by atoms with E-state index in [1.54, 1.807) is 0 Å². The van der Waals surface area contributed by atoms with Crippen LogP contribution >= 0.6 is 0 Å². The minimum Gasteiger partial charge on any atom is -0.335 e. The lowest BCUT2D eigenvalue weighted by Gasteiger charge is -2.34. The van der Waals surface area contributed by atoms with Crippen molar-refractivity contribution in [1.29, 1.82) is 0 Å². The molecule has 0 N–H and O–H groups in total. The quantitative estimate of drug-likeness (QED) is 0.773. The molecule has 4 heteroatoms. The molecule has 1 aromatic carbocycles. The molecule has 0 fully saturated rings. The van der Waals surface area contributed by atoms with Gasteiger partial charge in [0.2, 0.25) is 0 Å². The first-order chi connectivity index (χ1) is 12.6. The highest BCUT2D eigenvalue weighted by Gasteiger charge is 2.24. The maximum Gasteiger partial charge on any atom is 0.254 e. The third-order valence-corrected chi connectivity index (χ3v) is 5.18. The zero-order valence-corrected chi connectivity index (χ0v) is 15.9. The summed E-state index contributed by atoms with van der Waals surface area (Å²) in [7, 11) is 1.90. The Hall–Kier alpha value is -2.46. The fraction of sp³-hybridized carbons (Fsp3) is 0.364. The van der Waals surface area contributed by atoms with Gasteiger partial charge < -0.3 is 4.90 Å². The maximum absolute atomic E-state index is 12.9. The molecule has 1 atom stereocenters.